The Balaban J connectivity index is 1.66. The third-order valence-corrected chi connectivity index (χ3v) is 9.67. The first kappa shape index (κ1) is 25.9. The summed E-state index contributed by atoms with van der Waals surface area (Å²) in [5.41, 5.74) is -1.12. The monoisotopic (exact) mass is 541 g/mol. The average molecular weight is 542 g/mol. The Hall–Kier alpha value is -4.40. The molecule has 3 aromatic rings. The fourth-order valence-corrected chi connectivity index (χ4v) is 7.23. The predicted molar refractivity (Wildman–Crippen MR) is 148 cm³/mol. The number of ketones is 2. The van der Waals surface area contributed by atoms with Gasteiger partial charge in [-0.3, -0.25) is 9.59 Å². The van der Waals surface area contributed by atoms with Gasteiger partial charge in [0.2, 0.25) is 0 Å². The molecule has 1 fully saturated rings. The van der Waals surface area contributed by atoms with Crippen LogP contribution in [0.25, 0.3) is 5.69 Å². The SMILES string of the molecule is COc1ccc(O)c([C@H]2C3=CCn4c(=O)n(-c5ccccc5)c(=O)n4[C@@H]3C[C@@]3(C)C(=O)C(C)=C(C)C(=O)[C@@]23C)c1. The molecule has 3 aliphatic rings. The van der Waals surface area contributed by atoms with Crippen LogP contribution in [0.1, 0.15) is 51.6 Å². The van der Waals surface area contributed by atoms with Crippen LogP contribution in [0.15, 0.2) is 80.9 Å². The van der Waals surface area contributed by atoms with Crippen LogP contribution in [0.3, 0.4) is 0 Å². The summed E-state index contributed by atoms with van der Waals surface area (Å²) < 4.78 is 9.42. The van der Waals surface area contributed by atoms with Gasteiger partial charge in [-0.05, 0) is 67.3 Å². The van der Waals surface area contributed by atoms with Gasteiger partial charge in [-0.25, -0.2) is 23.5 Å². The molecule has 0 saturated heterocycles. The van der Waals surface area contributed by atoms with Crippen molar-refractivity contribution in [3.63, 3.8) is 0 Å². The van der Waals surface area contributed by atoms with Crippen molar-refractivity contribution >= 4 is 11.6 Å². The summed E-state index contributed by atoms with van der Waals surface area (Å²) in [6.45, 7) is 7.01. The molecule has 1 aliphatic heterocycles. The number of Topliss-reactive ketones (excluding diaryl/α,β-unsaturated/α-hetero) is 2. The van der Waals surface area contributed by atoms with Gasteiger partial charge in [0.15, 0.2) is 11.6 Å². The fourth-order valence-electron chi connectivity index (χ4n) is 7.23. The van der Waals surface area contributed by atoms with Crippen LogP contribution < -0.4 is 16.1 Å². The number of para-hydroxylation sites is 1. The molecule has 0 radical (unpaired) electrons. The molecule has 0 amide bonds. The minimum Gasteiger partial charge on any atom is -0.508 e. The number of carbonyl (C=O) groups excluding carboxylic acids is 2. The molecule has 9 nitrogen and oxygen atoms in total. The van der Waals surface area contributed by atoms with E-state index < -0.39 is 34.2 Å². The van der Waals surface area contributed by atoms with Gasteiger partial charge >= 0.3 is 11.4 Å². The third-order valence-electron chi connectivity index (χ3n) is 9.67. The Morgan fingerprint density at radius 2 is 1.60 bits per heavy atom. The summed E-state index contributed by atoms with van der Waals surface area (Å²) in [5.74, 6) is -0.665. The molecule has 1 N–H and O–H groups in total. The number of phenolic OH excluding ortho intramolecular Hbond substituents is 1. The maximum absolute atomic E-state index is 14.2. The van der Waals surface area contributed by atoms with Gasteiger partial charge < -0.3 is 9.84 Å². The van der Waals surface area contributed by atoms with Crippen molar-refractivity contribution in [3.8, 4) is 17.2 Å². The Kier molecular flexibility index (Phi) is 5.53. The summed E-state index contributed by atoms with van der Waals surface area (Å²) in [4.78, 5) is 55.8. The maximum atomic E-state index is 14.2. The number of hydrogen-bond donors (Lipinski definition) is 1. The van der Waals surface area contributed by atoms with Crippen molar-refractivity contribution in [2.24, 2.45) is 10.8 Å². The first-order valence-electron chi connectivity index (χ1n) is 13.3. The molecule has 206 valence electrons. The van der Waals surface area contributed by atoms with Gasteiger partial charge in [0.1, 0.15) is 11.5 Å². The van der Waals surface area contributed by atoms with Crippen LogP contribution in [0.4, 0.5) is 0 Å². The molecular weight excluding hydrogens is 510 g/mol. The van der Waals surface area contributed by atoms with Crippen LogP contribution >= 0.6 is 0 Å². The van der Waals surface area contributed by atoms with Crippen LogP contribution in [-0.4, -0.2) is 37.7 Å². The quantitative estimate of drug-likeness (QED) is 0.507. The molecule has 1 saturated carbocycles. The topological polar surface area (TPSA) is 113 Å². The second-order valence-corrected chi connectivity index (χ2v) is 11.4. The molecular formula is C31H31N3O6. The standard InChI is InChI=1S/C31H31N3O6/c1-17-18(2)27(37)31(4)25(22-15-20(40-5)11-12-24(22)35)21-13-14-32-28(38)33(19-9-7-6-8-10-19)29(39)34(32)23(21)16-30(31,3)26(17)36/h6-13,15,23,25,35H,14,16H2,1-5H3/t23-,25-,30+,31-/m1/s1. The highest BCUT2D eigenvalue weighted by atomic mass is 16.5. The molecule has 0 unspecified atom stereocenters. The van der Waals surface area contributed by atoms with Crippen molar-refractivity contribution in [2.45, 2.75) is 52.6 Å². The highest BCUT2D eigenvalue weighted by Crippen LogP contribution is 2.66. The number of carbonyl (C=O) groups is 2. The average Bonchev–Trinajstić information content (AvgIpc) is 3.22. The zero-order valence-corrected chi connectivity index (χ0v) is 23.1. The number of nitrogens with zero attached hydrogens (tertiary/aromatic N) is 3. The Morgan fingerprint density at radius 1 is 0.925 bits per heavy atom. The van der Waals surface area contributed by atoms with Gasteiger partial charge in [0, 0.05) is 16.9 Å². The summed E-state index contributed by atoms with van der Waals surface area (Å²) >= 11 is 0. The van der Waals surface area contributed by atoms with E-state index in [0.29, 0.717) is 33.7 Å². The number of fused-ring (bicyclic) bond motifs is 4. The lowest BCUT2D eigenvalue weighted by atomic mass is 9.43. The number of aromatic hydroxyl groups is 1. The molecule has 2 heterocycles. The molecule has 0 bridgehead atoms. The molecule has 40 heavy (non-hydrogen) atoms. The second kappa shape index (κ2) is 8.55. The van der Waals surface area contributed by atoms with E-state index >= 15 is 0 Å². The van der Waals surface area contributed by atoms with Crippen molar-refractivity contribution in [1.82, 2.24) is 13.9 Å². The lowest BCUT2D eigenvalue weighted by Gasteiger charge is -2.58. The lowest BCUT2D eigenvalue weighted by Crippen LogP contribution is -2.61. The second-order valence-electron chi connectivity index (χ2n) is 11.4. The first-order valence-corrected chi connectivity index (χ1v) is 13.3. The number of aromatic nitrogens is 3. The van der Waals surface area contributed by atoms with Gasteiger partial charge in [0.25, 0.3) is 0 Å². The molecule has 6 rings (SSSR count). The minimum atomic E-state index is -1.27. The third kappa shape index (κ3) is 3.08. The smallest absolute Gasteiger partial charge is 0.352 e. The largest absolute Gasteiger partial charge is 0.508 e. The van der Waals surface area contributed by atoms with E-state index in [1.807, 2.05) is 6.08 Å². The molecule has 4 atom stereocenters. The molecule has 9 heteroatoms. The number of methoxy groups -OCH3 is 1. The van der Waals surface area contributed by atoms with Crippen molar-refractivity contribution in [1.29, 1.82) is 0 Å². The first-order chi connectivity index (χ1) is 19.0. The van der Waals surface area contributed by atoms with Gasteiger partial charge in [0.05, 0.1) is 30.8 Å². The number of benzene rings is 2. The number of rotatable bonds is 3. The van der Waals surface area contributed by atoms with Gasteiger partial charge in [-0.1, -0.05) is 38.1 Å². The molecule has 2 aliphatic carbocycles. The zero-order chi connectivity index (χ0) is 28.7. The Labute approximate surface area is 230 Å². The number of phenols is 1. The van der Waals surface area contributed by atoms with E-state index in [-0.39, 0.29) is 30.3 Å². The highest BCUT2D eigenvalue weighted by Gasteiger charge is 2.67. The van der Waals surface area contributed by atoms with E-state index in [2.05, 4.69) is 0 Å². The van der Waals surface area contributed by atoms with Crippen LogP contribution in [0.2, 0.25) is 0 Å². The molecule has 1 aromatic heterocycles. The van der Waals surface area contributed by atoms with E-state index in [0.717, 1.165) is 4.57 Å². The van der Waals surface area contributed by atoms with E-state index in [4.69, 9.17) is 4.74 Å². The molecule has 0 spiro atoms. The van der Waals surface area contributed by atoms with E-state index in [9.17, 15) is 24.3 Å². The summed E-state index contributed by atoms with van der Waals surface area (Å²) in [6.07, 6.45) is 2.01. The number of allylic oxidation sites excluding steroid dienone is 4. The Morgan fingerprint density at radius 3 is 2.27 bits per heavy atom. The Bertz CT molecular complexity index is 1790. The van der Waals surface area contributed by atoms with Crippen molar-refractivity contribution in [2.75, 3.05) is 7.11 Å². The van der Waals surface area contributed by atoms with Crippen LogP contribution in [-0.2, 0) is 16.1 Å². The van der Waals surface area contributed by atoms with Crippen LogP contribution in [0, 0.1) is 10.8 Å². The summed E-state index contributed by atoms with van der Waals surface area (Å²) in [7, 11) is 1.52. The van der Waals surface area contributed by atoms with Crippen molar-refractivity contribution < 1.29 is 19.4 Å². The maximum Gasteiger partial charge on any atom is 0.352 e. The minimum absolute atomic E-state index is 0.0442. The van der Waals surface area contributed by atoms with Gasteiger partial charge in [-0.2, -0.15) is 0 Å². The van der Waals surface area contributed by atoms with Crippen molar-refractivity contribution in [3.05, 3.63) is 97.9 Å². The molecule has 2 aromatic carbocycles. The normalized spacial score (nSPS) is 27.6. The van der Waals surface area contributed by atoms with Gasteiger partial charge in [-0.15, -0.1) is 0 Å². The number of hydrogen-bond acceptors (Lipinski definition) is 6. The van der Waals surface area contributed by atoms with E-state index in [1.54, 1.807) is 70.2 Å². The highest BCUT2D eigenvalue weighted by molar-refractivity contribution is 6.17. The van der Waals surface area contributed by atoms with E-state index in [1.165, 1.54) is 22.5 Å². The zero-order valence-electron chi connectivity index (χ0n) is 23.1. The summed E-state index contributed by atoms with van der Waals surface area (Å²) in [6, 6.07) is 12.8. The predicted octanol–water partition coefficient (Wildman–Crippen LogP) is 3.68. The lowest BCUT2D eigenvalue weighted by molar-refractivity contribution is -0.151. The fraction of sp³-hybridized carbons (Fsp3) is 0.355. The number of ether oxygens (including phenoxy) is 1. The van der Waals surface area contributed by atoms with Crippen LogP contribution in [0.5, 0.6) is 11.5 Å². The summed E-state index contributed by atoms with van der Waals surface area (Å²) in [5, 5.41) is 11.2.